The Labute approximate surface area is 261 Å². The molecule has 6 nitrogen and oxygen atoms in total. The third-order valence-electron chi connectivity index (χ3n) is 7.25. The highest BCUT2D eigenvalue weighted by Gasteiger charge is 2.23. The standard InChI is InChI=1S/C37H33N3O3S/c1-4-42-32-20-27(15-16-31(32)43-22-25-11-7-5-8-12-25)29-21-30(26-13-9-6-10-14-26)40-37-33(29)34(38)35(44-37)36(41)39-28-18-23(2)17-24(3)19-28/h5-21H,4,22,38H2,1-3H3,(H,39,41). The lowest BCUT2D eigenvalue weighted by molar-refractivity contribution is 0.103. The summed E-state index contributed by atoms with van der Waals surface area (Å²) in [6.07, 6.45) is 0. The van der Waals surface area contributed by atoms with Gasteiger partial charge in [0.05, 0.1) is 18.0 Å². The molecule has 0 fully saturated rings. The molecule has 0 unspecified atom stereocenters. The van der Waals surface area contributed by atoms with Crippen LogP contribution in [0.2, 0.25) is 0 Å². The van der Waals surface area contributed by atoms with Crippen molar-refractivity contribution in [2.75, 3.05) is 17.7 Å². The van der Waals surface area contributed by atoms with E-state index in [1.54, 1.807) is 0 Å². The highest BCUT2D eigenvalue weighted by molar-refractivity contribution is 7.21. The topological polar surface area (TPSA) is 86.5 Å². The van der Waals surface area contributed by atoms with Crippen molar-refractivity contribution in [3.63, 3.8) is 0 Å². The number of aryl methyl sites for hydroxylation is 2. The number of thiophene rings is 1. The zero-order chi connectivity index (χ0) is 30.6. The predicted octanol–water partition coefficient (Wildman–Crippen LogP) is 9.06. The Kier molecular flexibility index (Phi) is 8.30. The SMILES string of the molecule is CCOc1cc(-c2cc(-c3ccccc3)nc3sc(C(=O)Nc4cc(C)cc(C)c4)c(N)c23)ccc1OCc1ccccc1. The number of aromatic nitrogens is 1. The van der Waals surface area contributed by atoms with Crippen LogP contribution in [0.1, 0.15) is 33.3 Å². The number of anilines is 2. The number of rotatable bonds is 9. The van der Waals surface area contributed by atoms with E-state index in [0.29, 0.717) is 40.1 Å². The molecule has 0 bridgehead atoms. The largest absolute Gasteiger partial charge is 0.490 e. The van der Waals surface area contributed by atoms with E-state index in [1.165, 1.54) is 11.3 Å². The van der Waals surface area contributed by atoms with Crippen LogP contribution in [-0.2, 0) is 6.61 Å². The minimum absolute atomic E-state index is 0.262. The van der Waals surface area contributed by atoms with Gasteiger partial charge >= 0.3 is 0 Å². The van der Waals surface area contributed by atoms with Crippen molar-refractivity contribution in [1.82, 2.24) is 4.98 Å². The number of hydrogen-bond acceptors (Lipinski definition) is 6. The lowest BCUT2D eigenvalue weighted by Crippen LogP contribution is -2.12. The number of benzene rings is 4. The number of ether oxygens (including phenoxy) is 2. The first kappa shape index (κ1) is 29.0. The summed E-state index contributed by atoms with van der Waals surface area (Å²) in [5, 5.41) is 3.77. The second kappa shape index (κ2) is 12.6. The molecule has 6 aromatic rings. The Hall–Kier alpha value is -5.14. The average Bonchev–Trinajstić information content (AvgIpc) is 3.37. The van der Waals surface area contributed by atoms with Gasteiger partial charge in [-0.05, 0) is 78.9 Å². The number of hydrogen-bond donors (Lipinski definition) is 2. The number of carbonyl (C=O) groups is 1. The summed E-state index contributed by atoms with van der Waals surface area (Å²) in [5.74, 6) is 1.02. The van der Waals surface area contributed by atoms with Crippen LogP contribution in [0.5, 0.6) is 11.5 Å². The maximum absolute atomic E-state index is 13.6. The fourth-order valence-corrected chi connectivity index (χ4v) is 6.32. The first-order chi connectivity index (χ1) is 21.4. The van der Waals surface area contributed by atoms with E-state index < -0.39 is 0 Å². The van der Waals surface area contributed by atoms with Crippen LogP contribution in [-0.4, -0.2) is 17.5 Å². The van der Waals surface area contributed by atoms with E-state index in [4.69, 9.17) is 20.2 Å². The molecular formula is C37H33N3O3S. The van der Waals surface area contributed by atoms with Gasteiger partial charge in [0.1, 0.15) is 16.3 Å². The van der Waals surface area contributed by atoms with Gasteiger partial charge in [-0.15, -0.1) is 11.3 Å². The molecule has 0 aliphatic rings. The lowest BCUT2D eigenvalue weighted by Gasteiger charge is -2.15. The predicted molar refractivity (Wildman–Crippen MR) is 181 cm³/mol. The van der Waals surface area contributed by atoms with E-state index in [9.17, 15) is 4.79 Å². The molecule has 3 N–H and O–H groups in total. The van der Waals surface area contributed by atoms with Crippen molar-refractivity contribution in [2.45, 2.75) is 27.4 Å². The Morgan fingerprint density at radius 2 is 1.52 bits per heavy atom. The van der Waals surface area contributed by atoms with Crippen molar-refractivity contribution in [3.05, 3.63) is 125 Å². The molecule has 0 radical (unpaired) electrons. The van der Waals surface area contributed by atoms with Gasteiger partial charge in [0, 0.05) is 16.6 Å². The third-order valence-corrected chi connectivity index (χ3v) is 8.34. The molecule has 2 heterocycles. The molecule has 0 atom stereocenters. The Balaban J connectivity index is 1.44. The minimum atomic E-state index is -0.262. The van der Waals surface area contributed by atoms with Gasteiger partial charge in [-0.25, -0.2) is 4.98 Å². The van der Waals surface area contributed by atoms with E-state index in [2.05, 4.69) is 11.4 Å². The van der Waals surface area contributed by atoms with Crippen molar-refractivity contribution in [2.24, 2.45) is 0 Å². The summed E-state index contributed by atoms with van der Waals surface area (Å²) in [6.45, 7) is 6.87. The molecule has 44 heavy (non-hydrogen) atoms. The first-order valence-corrected chi connectivity index (χ1v) is 15.3. The molecule has 0 spiro atoms. The summed E-state index contributed by atoms with van der Waals surface area (Å²) >= 11 is 1.30. The molecule has 7 heteroatoms. The Morgan fingerprint density at radius 3 is 2.23 bits per heavy atom. The van der Waals surface area contributed by atoms with Gasteiger partial charge in [0.2, 0.25) is 0 Å². The van der Waals surface area contributed by atoms with Crippen LogP contribution in [0.25, 0.3) is 32.6 Å². The van der Waals surface area contributed by atoms with Crippen LogP contribution < -0.4 is 20.5 Å². The summed E-state index contributed by atoms with van der Waals surface area (Å²) in [6, 6.07) is 33.9. The smallest absolute Gasteiger partial charge is 0.267 e. The number of nitrogens with two attached hydrogens (primary N) is 1. The second-order valence-corrected chi connectivity index (χ2v) is 11.6. The van der Waals surface area contributed by atoms with Crippen LogP contribution >= 0.6 is 11.3 Å². The highest BCUT2D eigenvalue weighted by atomic mass is 32.1. The molecule has 0 aliphatic carbocycles. The number of nitrogen functional groups attached to an aromatic ring is 1. The van der Waals surface area contributed by atoms with E-state index in [0.717, 1.165) is 50.1 Å². The fourth-order valence-electron chi connectivity index (χ4n) is 5.31. The molecule has 2 aromatic heterocycles. The van der Waals surface area contributed by atoms with E-state index in [1.807, 2.05) is 118 Å². The normalized spacial score (nSPS) is 11.0. The van der Waals surface area contributed by atoms with Gasteiger partial charge in [-0.1, -0.05) is 72.8 Å². The highest BCUT2D eigenvalue weighted by Crippen LogP contribution is 2.43. The quantitative estimate of drug-likeness (QED) is 0.173. The zero-order valence-electron chi connectivity index (χ0n) is 24.9. The lowest BCUT2D eigenvalue weighted by atomic mass is 9.99. The molecule has 0 saturated carbocycles. The molecular weight excluding hydrogens is 566 g/mol. The summed E-state index contributed by atoms with van der Waals surface area (Å²) < 4.78 is 12.2. The Morgan fingerprint density at radius 1 is 0.818 bits per heavy atom. The zero-order valence-corrected chi connectivity index (χ0v) is 25.7. The van der Waals surface area contributed by atoms with Gasteiger partial charge in [0.25, 0.3) is 5.91 Å². The monoisotopic (exact) mass is 599 g/mol. The van der Waals surface area contributed by atoms with Crippen molar-refractivity contribution < 1.29 is 14.3 Å². The molecule has 220 valence electrons. The number of fused-ring (bicyclic) bond motifs is 1. The molecule has 6 rings (SSSR count). The van der Waals surface area contributed by atoms with E-state index in [-0.39, 0.29) is 5.91 Å². The van der Waals surface area contributed by atoms with Gasteiger partial charge in [0.15, 0.2) is 11.5 Å². The first-order valence-electron chi connectivity index (χ1n) is 14.5. The molecule has 1 amide bonds. The maximum atomic E-state index is 13.6. The number of nitrogens with zero attached hydrogens (tertiary/aromatic N) is 1. The van der Waals surface area contributed by atoms with Crippen LogP contribution in [0.15, 0.2) is 103 Å². The van der Waals surface area contributed by atoms with Crippen LogP contribution in [0.4, 0.5) is 11.4 Å². The van der Waals surface area contributed by atoms with Gasteiger partial charge < -0.3 is 20.5 Å². The van der Waals surface area contributed by atoms with Gasteiger partial charge in [-0.2, -0.15) is 0 Å². The summed E-state index contributed by atoms with van der Waals surface area (Å²) in [5.41, 5.74) is 14.6. The number of amides is 1. The summed E-state index contributed by atoms with van der Waals surface area (Å²) in [7, 11) is 0. The average molecular weight is 600 g/mol. The Bertz CT molecular complexity index is 1930. The number of carbonyl (C=O) groups excluding carboxylic acids is 1. The van der Waals surface area contributed by atoms with Gasteiger partial charge in [-0.3, -0.25) is 4.79 Å². The molecule has 4 aromatic carbocycles. The van der Waals surface area contributed by atoms with Crippen molar-refractivity contribution in [1.29, 1.82) is 0 Å². The van der Waals surface area contributed by atoms with Crippen LogP contribution in [0.3, 0.4) is 0 Å². The third kappa shape index (κ3) is 6.14. The molecule has 0 saturated heterocycles. The number of nitrogens with one attached hydrogen (secondary N) is 1. The number of pyridine rings is 1. The van der Waals surface area contributed by atoms with Crippen molar-refractivity contribution >= 4 is 38.8 Å². The van der Waals surface area contributed by atoms with E-state index >= 15 is 0 Å². The minimum Gasteiger partial charge on any atom is -0.490 e. The fraction of sp³-hybridized carbons (Fsp3) is 0.135. The second-order valence-electron chi connectivity index (χ2n) is 10.6. The maximum Gasteiger partial charge on any atom is 0.267 e. The summed E-state index contributed by atoms with van der Waals surface area (Å²) in [4.78, 5) is 19.6. The van der Waals surface area contributed by atoms with Crippen molar-refractivity contribution in [3.8, 4) is 33.9 Å². The van der Waals surface area contributed by atoms with Crippen LogP contribution in [0, 0.1) is 13.8 Å². The molecule has 0 aliphatic heterocycles.